The van der Waals surface area contributed by atoms with Crippen LogP contribution in [0.2, 0.25) is 0 Å². The van der Waals surface area contributed by atoms with E-state index >= 15 is 0 Å². The van der Waals surface area contributed by atoms with Crippen molar-refractivity contribution in [2.75, 3.05) is 6.54 Å². The van der Waals surface area contributed by atoms with Crippen LogP contribution >= 0.6 is 31.9 Å². The monoisotopic (exact) mass is 439 g/mol. The van der Waals surface area contributed by atoms with Gasteiger partial charge in [0, 0.05) is 15.5 Å². The number of hydrogen-bond acceptors (Lipinski definition) is 2. The topological polar surface area (TPSA) is 46.2 Å². The zero-order valence-electron chi connectivity index (χ0n) is 12.7. The third-order valence-electron chi connectivity index (χ3n) is 3.38. The largest absolute Gasteiger partial charge is 0.241 e. The van der Waals surface area contributed by atoms with E-state index in [0.29, 0.717) is 11.0 Å². The number of hydrogen-bond donors (Lipinski definition) is 1. The number of sulfonamides is 1. The van der Waals surface area contributed by atoms with Crippen LogP contribution in [0.3, 0.4) is 0 Å². The molecule has 1 aromatic carbocycles. The fourth-order valence-electron chi connectivity index (χ4n) is 1.99. The molecule has 6 heteroatoms. The molecule has 0 heterocycles. The van der Waals surface area contributed by atoms with Gasteiger partial charge in [-0.05, 0) is 46.0 Å². The average Bonchev–Trinajstić information content (AvgIpc) is 2.40. The molecule has 0 amide bonds. The summed E-state index contributed by atoms with van der Waals surface area (Å²) in [7, 11) is -3.50. The highest BCUT2D eigenvalue weighted by Gasteiger charge is 2.23. The highest BCUT2D eigenvalue weighted by molar-refractivity contribution is 9.11. The minimum Gasteiger partial charge on any atom is -0.211 e. The fraction of sp³-hybridized carbons (Fsp3) is 0.600. The van der Waals surface area contributed by atoms with Crippen molar-refractivity contribution in [2.45, 2.75) is 51.3 Å². The van der Waals surface area contributed by atoms with Crippen LogP contribution < -0.4 is 4.72 Å². The summed E-state index contributed by atoms with van der Waals surface area (Å²) >= 11 is 6.61. The molecule has 0 unspecified atom stereocenters. The first-order valence-electron chi connectivity index (χ1n) is 7.13. The lowest BCUT2D eigenvalue weighted by atomic mass is 9.87. The van der Waals surface area contributed by atoms with Crippen molar-refractivity contribution in [1.82, 2.24) is 4.72 Å². The third-order valence-corrected chi connectivity index (χ3v) is 6.27. The van der Waals surface area contributed by atoms with E-state index in [9.17, 15) is 8.42 Å². The normalized spacial score (nSPS) is 12.6. The van der Waals surface area contributed by atoms with Crippen molar-refractivity contribution in [3.63, 3.8) is 0 Å². The van der Waals surface area contributed by atoms with Gasteiger partial charge in [-0.15, -0.1) is 0 Å². The van der Waals surface area contributed by atoms with Crippen LogP contribution in [0.15, 0.2) is 32.0 Å². The summed E-state index contributed by atoms with van der Waals surface area (Å²) in [6, 6.07) is 5.14. The summed E-state index contributed by atoms with van der Waals surface area (Å²) in [4.78, 5) is 0.265. The van der Waals surface area contributed by atoms with Gasteiger partial charge in [-0.3, -0.25) is 0 Å². The molecule has 0 bridgehead atoms. The maximum absolute atomic E-state index is 12.4. The molecule has 0 aliphatic heterocycles. The predicted octanol–water partition coefficient (Wildman–Crippen LogP) is 5.10. The highest BCUT2D eigenvalue weighted by atomic mass is 79.9. The molecule has 1 aromatic rings. The standard InChI is InChI=1S/C15H23Br2NO2S/c1-4-5-6-9-15(2,3)11-18-21(19,20)14-10-12(16)7-8-13(14)17/h7-8,10,18H,4-6,9,11H2,1-3H3. The highest BCUT2D eigenvalue weighted by Crippen LogP contribution is 2.27. The lowest BCUT2D eigenvalue weighted by molar-refractivity contribution is 0.320. The van der Waals surface area contributed by atoms with Gasteiger partial charge in [-0.2, -0.15) is 0 Å². The predicted molar refractivity (Wildman–Crippen MR) is 95.0 cm³/mol. The van der Waals surface area contributed by atoms with Crippen molar-refractivity contribution in [2.24, 2.45) is 5.41 Å². The number of rotatable bonds is 8. The Morgan fingerprint density at radius 2 is 1.86 bits per heavy atom. The third kappa shape index (κ3) is 6.38. The van der Waals surface area contributed by atoms with Gasteiger partial charge >= 0.3 is 0 Å². The Morgan fingerprint density at radius 1 is 1.19 bits per heavy atom. The summed E-state index contributed by atoms with van der Waals surface area (Å²) in [5.41, 5.74) is -0.0409. The van der Waals surface area contributed by atoms with E-state index in [2.05, 4.69) is 57.4 Å². The molecule has 0 radical (unpaired) electrons. The van der Waals surface area contributed by atoms with Crippen LogP contribution in [0.25, 0.3) is 0 Å². The Kier molecular flexibility index (Phi) is 7.37. The molecule has 0 saturated heterocycles. The first-order valence-corrected chi connectivity index (χ1v) is 10.2. The first-order chi connectivity index (χ1) is 9.68. The molecular weight excluding hydrogens is 418 g/mol. The summed E-state index contributed by atoms with van der Waals surface area (Å²) in [5.74, 6) is 0. The van der Waals surface area contributed by atoms with Crippen LogP contribution in [0.5, 0.6) is 0 Å². The molecule has 3 nitrogen and oxygen atoms in total. The molecule has 0 atom stereocenters. The van der Waals surface area contributed by atoms with Crippen molar-refractivity contribution in [1.29, 1.82) is 0 Å². The first kappa shape index (κ1) is 19.1. The van der Waals surface area contributed by atoms with Crippen LogP contribution in [-0.4, -0.2) is 15.0 Å². The SMILES string of the molecule is CCCCCC(C)(C)CNS(=O)(=O)c1cc(Br)ccc1Br. The van der Waals surface area contributed by atoms with E-state index in [1.165, 1.54) is 12.8 Å². The zero-order chi connectivity index (χ0) is 16.1. The van der Waals surface area contributed by atoms with Gasteiger partial charge < -0.3 is 0 Å². The quantitative estimate of drug-likeness (QED) is 0.571. The van der Waals surface area contributed by atoms with Gasteiger partial charge in [0.1, 0.15) is 0 Å². The minimum atomic E-state index is -3.50. The Morgan fingerprint density at radius 3 is 2.48 bits per heavy atom. The minimum absolute atomic E-state index is 0.0409. The molecule has 0 aliphatic carbocycles. The molecule has 21 heavy (non-hydrogen) atoms. The van der Waals surface area contributed by atoms with E-state index in [4.69, 9.17) is 0 Å². The molecular formula is C15H23Br2NO2S. The van der Waals surface area contributed by atoms with E-state index in [1.807, 2.05) is 0 Å². The molecule has 0 aliphatic rings. The Bertz CT molecular complexity index is 571. The molecule has 1 rings (SSSR count). The fourth-order valence-corrected chi connectivity index (χ4v) is 4.73. The van der Waals surface area contributed by atoms with Gasteiger partial charge in [0.25, 0.3) is 0 Å². The number of halogens is 2. The average molecular weight is 441 g/mol. The molecule has 0 saturated carbocycles. The van der Waals surface area contributed by atoms with Crippen LogP contribution in [0, 0.1) is 5.41 Å². The molecule has 1 N–H and O–H groups in total. The summed E-state index contributed by atoms with van der Waals surface area (Å²) < 4.78 is 28.9. The Hall–Kier alpha value is 0.0900. The van der Waals surface area contributed by atoms with Gasteiger partial charge in [0.2, 0.25) is 10.0 Å². The Balaban J connectivity index is 2.75. The smallest absolute Gasteiger partial charge is 0.211 e. The van der Waals surface area contributed by atoms with E-state index < -0.39 is 10.0 Å². The Labute approximate surface area is 145 Å². The van der Waals surface area contributed by atoms with Gasteiger partial charge in [0.15, 0.2) is 0 Å². The molecule has 0 aromatic heterocycles. The molecule has 0 fully saturated rings. The van der Waals surface area contributed by atoms with Gasteiger partial charge in [-0.25, -0.2) is 13.1 Å². The molecule has 0 spiro atoms. The van der Waals surface area contributed by atoms with E-state index in [-0.39, 0.29) is 10.3 Å². The van der Waals surface area contributed by atoms with Crippen molar-refractivity contribution in [3.8, 4) is 0 Å². The second-order valence-corrected chi connectivity index (χ2v) is 9.53. The van der Waals surface area contributed by atoms with E-state index in [0.717, 1.165) is 17.3 Å². The van der Waals surface area contributed by atoms with E-state index in [1.54, 1.807) is 18.2 Å². The summed E-state index contributed by atoms with van der Waals surface area (Å²) in [6.45, 7) is 6.81. The van der Waals surface area contributed by atoms with Crippen LogP contribution in [-0.2, 0) is 10.0 Å². The number of nitrogens with one attached hydrogen (secondary N) is 1. The number of unbranched alkanes of at least 4 members (excludes halogenated alkanes) is 2. The lowest BCUT2D eigenvalue weighted by Gasteiger charge is -2.25. The summed E-state index contributed by atoms with van der Waals surface area (Å²) in [5, 5.41) is 0. The maximum atomic E-state index is 12.4. The second kappa shape index (κ2) is 8.09. The summed E-state index contributed by atoms with van der Waals surface area (Å²) in [6.07, 6.45) is 4.51. The maximum Gasteiger partial charge on any atom is 0.241 e. The van der Waals surface area contributed by atoms with Crippen molar-refractivity contribution < 1.29 is 8.42 Å². The van der Waals surface area contributed by atoms with Gasteiger partial charge in [0.05, 0.1) is 4.90 Å². The van der Waals surface area contributed by atoms with Crippen molar-refractivity contribution in [3.05, 3.63) is 27.1 Å². The second-order valence-electron chi connectivity index (χ2n) is 6.02. The van der Waals surface area contributed by atoms with Crippen LogP contribution in [0.4, 0.5) is 0 Å². The number of benzene rings is 1. The molecule has 120 valence electrons. The zero-order valence-corrected chi connectivity index (χ0v) is 16.7. The lowest BCUT2D eigenvalue weighted by Crippen LogP contribution is -2.34. The van der Waals surface area contributed by atoms with Crippen LogP contribution in [0.1, 0.15) is 46.5 Å². The van der Waals surface area contributed by atoms with Crippen molar-refractivity contribution >= 4 is 41.9 Å². The van der Waals surface area contributed by atoms with Gasteiger partial charge in [-0.1, -0.05) is 56.0 Å².